The number of carbonyl (C=O) groups excluding carboxylic acids is 2. The first-order chi connectivity index (χ1) is 9.47. The van der Waals surface area contributed by atoms with E-state index in [0.717, 1.165) is 0 Å². The first-order valence-corrected chi connectivity index (χ1v) is 6.36. The molecule has 0 radical (unpaired) electrons. The summed E-state index contributed by atoms with van der Waals surface area (Å²) in [5.41, 5.74) is 0.304. The summed E-state index contributed by atoms with van der Waals surface area (Å²) in [5.74, 6) is -0.588. The van der Waals surface area contributed by atoms with Crippen LogP contribution >= 0.6 is 23.2 Å². The van der Waals surface area contributed by atoms with Crippen LogP contribution in [0.4, 0.5) is 11.6 Å². The number of nitrogens with one attached hydrogen (secondary N) is 2. The molecule has 0 fully saturated rings. The molecule has 0 saturated carbocycles. The SMILES string of the molecule is CC(=O)Nc1ccc(C(=O)Nc2c(Cl)cccc2Cl)o1. The Labute approximate surface area is 124 Å². The van der Waals surface area contributed by atoms with Crippen molar-refractivity contribution in [1.82, 2.24) is 0 Å². The highest BCUT2D eigenvalue weighted by atomic mass is 35.5. The molecule has 1 aromatic carbocycles. The Balaban J connectivity index is 2.16. The summed E-state index contributed by atoms with van der Waals surface area (Å²) in [6, 6.07) is 7.79. The third kappa shape index (κ3) is 3.31. The van der Waals surface area contributed by atoms with Gasteiger partial charge in [0.25, 0.3) is 5.91 Å². The van der Waals surface area contributed by atoms with Crippen LogP contribution in [0.15, 0.2) is 34.7 Å². The maximum absolute atomic E-state index is 12.0. The third-order valence-electron chi connectivity index (χ3n) is 2.33. The normalized spacial score (nSPS) is 10.2. The van der Waals surface area contributed by atoms with Crippen LogP contribution in [0.1, 0.15) is 17.5 Å². The van der Waals surface area contributed by atoms with E-state index < -0.39 is 5.91 Å². The maximum atomic E-state index is 12.0. The minimum atomic E-state index is -0.517. The van der Waals surface area contributed by atoms with Crippen LogP contribution in [-0.2, 0) is 4.79 Å². The van der Waals surface area contributed by atoms with Crippen LogP contribution < -0.4 is 10.6 Å². The van der Waals surface area contributed by atoms with Crippen LogP contribution in [0.2, 0.25) is 10.0 Å². The molecule has 2 aromatic rings. The molecule has 2 amide bonds. The number of amides is 2. The highest BCUT2D eigenvalue weighted by Crippen LogP contribution is 2.30. The molecule has 0 aliphatic carbocycles. The first-order valence-electron chi connectivity index (χ1n) is 5.60. The third-order valence-corrected chi connectivity index (χ3v) is 2.96. The number of rotatable bonds is 3. The molecule has 2 N–H and O–H groups in total. The summed E-state index contributed by atoms with van der Waals surface area (Å²) in [4.78, 5) is 22.8. The van der Waals surface area contributed by atoms with Gasteiger partial charge >= 0.3 is 0 Å². The lowest BCUT2D eigenvalue weighted by molar-refractivity contribution is -0.114. The van der Waals surface area contributed by atoms with Gasteiger partial charge in [-0.05, 0) is 18.2 Å². The molecule has 1 aromatic heterocycles. The predicted octanol–water partition coefficient (Wildman–Crippen LogP) is 3.80. The first kappa shape index (κ1) is 14.4. The topological polar surface area (TPSA) is 71.3 Å². The number of para-hydroxylation sites is 1. The van der Waals surface area contributed by atoms with E-state index in [1.54, 1.807) is 18.2 Å². The standard InChI is InChI=1S/C13H10Cl2N2O3/c1-7(18)16-11-6-5-10(20-11)13(19)17-12-8(14)3-2-4-9(12)15/h2-6H,1H3,(H,16,18)(H,17,19). The van der Waals surface area contributed by atoms with Crippen LogP contribution in [0.3, 0.4) is 0 Å². The van der Waals surface area contributed by atoms with Gasteiger partial charge in [-0.15, -0.1) is 0 Å². The van der Waals surface area contributed by atoms with Crippen LogP contribution in [0, 0.1) is 0 Å². The van der Waals surface area contributed by atoms with Crippen molar-refractivity contribution >= 4 is 46.6 Å². The van der Waals surface area contributed by atoms with Crippen LogP contribution in [0.5, 0.6) is 0 Å². The summed E-state index contributed by atoms with van der Waals surface area (Å²) in [7, 11) is 0. The van der Waals surface area contributed by atoms with Gasteiger partial charge in [-0.1, -0.05) is 29.3 Å². The zero-order valence-electron chi connectivity index (χ0n) is 10.4. The molecule has 0 aliphatic heterocycles. The molecule has 0 aliphatic rings. The van der Waals surface area contributed by atoms with Gasteiger partial charge in [0.05, 0.1) is 15.7 Å². The highest BCUT2D eigenvalue weighted by molar-refractivity contribution is 6.39. The molecular weight excluding hydrogens is 303 g/mol. The van der Waals surface area contributed by atoms with E-state index in [4.69, 9.17) is 27.6 Å². The van der Waals surface area contributed by atoms with Crippen molar-refractivity contribution in [2.75, 3.05) is 10.6 Å². The van der Waals surface area contributed by atoms with Crippen molar-refractivity contribution in [2.45, 2.75) is 6.92 Å². The highest BCUT2D eigenvalue weighted by Gasteiger charge is 2.15. The van der Waals surface area contributed by atoms with Gasteiger partial charge in [-0.3, -0.25) is 14.9 Å². The Morgan fingerprint density at radius 3 is 2.30 bits per heavy atom. The quantitative estimate of drug-likeness (QED) is 0.905. The monoisotopic (exact) mass is 312 g/mol. The number of carbonyl (C=O) groups is 2. The lowest BCUT2D eigenvalue weighted by Crippen LogP contribution is -2.11. The van der Waals surface area contributed by atoms with Crippen LogP contribution in [0.25, 0.3) is 0 Å². The molecule has 1 heterocycles. The van der Waals surface area contributed by atoms with Gasteiger partial charge in [0.2, 0.25) is 5.91 Å². The molecule has 2 rings (SSSR count). The predicted molar refractivity (Wildman–Crippen MR) is 77.4 cm³/mol. The van der Waals surface area contributed by atoms with E-state index in [9.17, 15) is 9.59 Å². The maximum Gasteiger partial charge on any atom is 0.291 e. The fraction of sp³-hybridized carbons (Fsp3) is 0.0769. The smallest absolute Gasteiger partial charge is 0.291 e. The molecule has 0 unspecified atom stereocenters. The summed E-state index contributed by atoms with van der Waals surface area (Å²) in [5, 5.41) is 5.62. The molecule has 0 bridgehead atoms. The Morgan fingerprint density at radius 2 is 1.70 bits per heavy atom. The Hall–Kier alpha value is -1.98. The van der Waals surface area contributed by atoms with Gasteiger partial charge < -0.3 is 9.73 Å². The number of halogens is 2. The number of benzene rings is 1. The zero-order chi connectivity index (χ0) is 14.7. The average Bonchev–Trinajstić information content (AvgIpc) is 2.81. The van der Waals surface area contributed by atoms with Crippen molar-refractivity contribution in [3.8, 4) is 0 Å². The number of hydrogen-bond acceptors (Lipinski definition) is 3. The molecule has 0 atom stereocenters. The van der Waals surface area contributed by atoms with Crippen molar-refractivity contribution in [2.24, 2.45) is 0 Å². The number of furan rings is 1. The second-order valence-electron chi connectivity index (χ2n) is 3.90. The van der Waals surface area contributed by atoms with Crippen molar-refractivity contribution in [1.29, 1.82) is 0 Å². The summed E-state index contributed by atoms with van der Waals surface area (Å²) < 4.78 is 5.18. The molecule has 0 saturated heterocycles. The lowest BCUT2D eigenvalue weighted by Gasteiger charge is -2.07. The van der Waals surface area contributed by atoms with E-state index in [2.05, 4.69) is 10.6 Å². The Kier molecular flexibility index (Phi) is 4.32. The van der Waals surface area contributed by atoms with Gasteiger partial charge in [-0.2, -0.15) is 0 Å². The minimum absolute atomic E-state index is 0.0322. The van der Waals surface area contributed by atoms with Crippen molar-refractivity contribution < 1.29 is 14.0 Å². The summed E-state index contributed by atoms with van der Waals surface area (Å²) in [6.45, 7) is 1.34. The average molecular weight is 313 g/mol. The molecular formula is C13H10Cl2N2O3. The fourth-order valence-electron chi connectivity index (χ4n) is 1.49. The number of hydrogen-bond donors (Lipinski definition) is 2. The summed E-state index contributed by atoms with van der Waals surface area (Å²) >= 11 is 11.9. The zero-order valence-corrected chi connectivity index (χ0v) is 11.9. The Bertz CT molecular complexity index is 647. The molecule has 20 heavy (non-hydrogen) atoms. The Morgan fingerprint density at radius 1 is 1.05 bits per heavy atom. The van der Waals surface area contributed by atoms with Crippen LogP contribution in [-0.4, -0.2) is 11.8 Å². The fourth-order valence-corrected chi connectivity index (χ4v) is 1.98. The van der Waals surface area contributed by atoms with Gasteiger partial charge in [0, 0.05) is 13.0 Å². The van der Waals surface area contributed by atoms with Crippen molar-refractivity contribution in [3.63, 3.8) is 0 Å². The second kappa shape index (κ2) is 5.98. The minimum Gasteiger partial charge on any atom is -0.435 e. The molecule has 104 valence electrons. The van der Waals surface area contributed by atoms with E-state index in [0.29, 0.717) is 15.7 Å². The molecule has 7 heteroatoms. The molecule has 0 spiro atoms. The second-order valence-corrected chi connectivity index (χ2v) is 4.71. The lowest BCUT2D eigenvalue weighted by atomic mass is 10.3. The summed E-state index contributed by atoms with van der Waals surface area (Å²) in [6.07, 6.45) is 0. The van der Waals surface area contributed by atoms with Gasteiger partial charge in [0.15, 0.2) is 11.6 Å². The van der Waals surface area contributed by atoms with Gasteiger partial charge in [0.1, 0.15) is 0 Å². The number of anilines is 2. The van der Waals surface area contributed by atoms with E-state index in [1.165, 1.54) is 19.1 Å². The van der Waals surface area contributed by atoms with E-state index >= 15 is 0 Å². The van der Waals surface area contributed by atoms with E-state index in [-0.39, 0.29) is 17.6 Å². The molecule has 5 nitrogen and oxygen atoms in total. The van der Waals surface area contributed by atoms with Gasteiger partial charge in [-0.25, -0.2) is 0 Å². The largest absolute Gasteiger partial charge is 0.435 e. The van der Waals surface area contributed by atoms with Crippen molar-refractivity contribution in [3.05, 3.63) is 46.1 Å². The van der Waals surface area contributed by atoms with E-state index in [1.807, 2.05) is 0 Å².